The van der Waals surface area contributed by atoms with Crippen molar-refractivity contribution >= 4 is 11.8 Å². The van der Waals surface area contributed by atoms with E-state index in [1.807, 2.05) is 16.8 Å². The van der Waals surface area contributed by atoms with Crippen molar-refractivity contribution in [1.82, 2.24) is 34.3 Å². The third-order valence-electron chi connectivity index (χ3n) is 5.26. The minimum atomic E-state index is -0.0422. The van der Waals surface area contributed by atoms with Gasteiger partial charge in [0.1, 0.15) is 0 Å². The zero-order chi connectivity index (χ0) is 18.1. The molecule has 2 aromatic rings. The fraction of sp³-hybridized carbons (Fsp3) is 0.588. The summed E-state index contributed by atoms with van der Waals surface area (Å²) in [6.07, 6.45) is 8.85. The Morgan fingerprint density at radius 3 is 2.38 bits per heavy atom. The maximum atomic E-state index is 12.5. The van der Waals surface area contributed by atoms with Crippen LogP contribution >= 0.6 is 0 Å². The molecule has 2 amide bonds. The molecule has 2 aromatic heterocycles. The van der Waals surface area contributed by atoms with Crippen molar-refractivity contribution in [2.24, 2.45) is 7.05 Å². The number of piperidine rings is 1. The average molecular weight is 357 g/mol. The lowest BCUT2D eigenvalue weighted by molar-refractivity contribution is 0.0673. The first-order valence-corrected chi connectivity index (χ1v) is 9.11. The molecular formula is C17H23N7O2. The first-order valence-electron chi connectivity index (χ1n) is 9.11. The van der Waals surface area contributed by atoms with E-state index in [4.69, 9.17) is 0 Å². The number of aryl methyl sites for hydroxylation is 1. The number of rotatable bonds is 3. The lowest BCUT2D eigenvalue weighted by Gasteiger charge is -2.31. The Hall–Kier alpha value is -2.71. The van der Waals surface area contributed by atoms with Crippen molar-refractivity contribution in [3.05, 3.63) is 30.1 Å². The molecule has 4 rings (SSSR count). The van der Waals surface area contributed by atoms with Crippen LogP contribution in [0.5, 0.6) is 0 Å². The molecule has 2 saturated heterocycles. The van der Waals surface area contributed by atoms with E-state index in [2.05, 4.69) is 15.3 Å². The molecule has 26 heavy (non-hydrogen) atoms. The molecule has 0 N–H and O–H groups in total. The van der Waals surface area contributed by atoms with Gasteiger partial charge >= 0.3 is 0 Å². The van der Waals surface area contributed by atoms with Crippen molar-refractivity contribution in [2.45, 2.75) is 31.7 Å². The van der Waals surface area contributed by atoms with Crippen molar-refractivity contribution in [3.8, 4) is 0 Å². The van der Waals surface area contributed by atoms with Crippen LogP contribution in [0.25, 0.3) is 0 Å². The predicted molar refractivity (Wildman–Crippen MR) is 92.5 cm³/mol. The van der Waals surface area contributed by atoms with E-state index in [-0.39, 0.29) is 17.9 Å². The Kier molecular flexibility index (Phi) is 4.44. The molecule has 0 aromatic carbocycles. The van der Waals surface area contributed by atoms with Gasteiger partial charge < -0.3 is 14.4 Å². The molecule has 0 spiro atoms. The number of amides is 2. The highest BCUT2D eigenvalue weighted by Gasteiger charge is 2.28. The molecule has 0 radical (unpaired) electrons. The fourth-order valence-electron chi connectivity index (χ4n) is 3.68. The molecule has 0 bridgehead atoms. The number of aromatic nitrogens is 5. The van der Waals surface area contributed by atoms with Crippen molar-refractivity contribution in [2.75, 3.05) is 26.2 Å². The van der Waals surface area contributed by atoms with Crippen LogP contribution in [0.1, 0.15) is 52.8 Å². The molecule has 138 valence electrons. The van der Waals surface area contributed by atoms with Gasteiger partial charge in [-0.2, -0.15) is 0 Å². The second-order valence-electron chi connectivity index (χ2n) is 6.97. The highest BCUT2D eigenvalue weighted by molar-refractivity contribution is 5.92. The van der Waals surface area contributed by atoms with Gasteiger partial charge in [0.15, 0.2) is 11.5 Å². The van der Waals surface area contributed by atoms with Crippen LogP contribution < -0.4 is 0 Å². The number of carbonyl (C=O) groups excluding carboxylic acids is 2. The van der Waals surface area contributed by atoms with E-state index in [1.54, 1.807) is 27.8 Å². The second kappa shape index (κ2) is 6.89. The number of likely N-dealkylation sites (tertiary alicyclic amines) is 2. The number of carbonyl (C=O) groups is 2. The molecule has 2 aliphatic rings. The summed E-state index contributed by atoms with van der Waals surface area (Å²) in [6, 6.07) is 0.160. The van der Waals surface area contributed by atoms with Gasteiger partial charge in [0.25, 0.3) is 11.8 Å². The number of hydrogen-bond acceptors (Lipinski definition) is 5. The van der Waals surface area contributed by atoms with Crippen LogP contribution in [-0.2, 0) is 7.05 Å². The number of nitrogens with zero attached hydrogens (tertiary/aromatic N) is 7. The number of imidazole rings is 1. The Morgan fingerprint density at radius 1 is 1.04 bits per heavy atom. The largest absolute Gasteiger partial charge is 0.337 e. The lowest BCUT2D eigenvalue weighted by Crippen LogP contribution is -2.40. The van der Waals surface area contributed by atoms with Crippen LogP contribution in [0.15, 0.2) is 18.6 Å². The van der Waals surface area contributed by atoms with E-state index in [1.165, 1.54) is 0 Å². The SMILES string of the molecule is Cn1ccnc1C(=O)N1CCC(n2cc(C(=O)N3CCCC3)nn2)CC1. The fourth-order valence-corrected chi connectivity index (χ4v) is 3.68. The van der Waals surface area contributed by atoms with Crippen LogP contribution in [0.2, 0.25) is 0 Å². The molecule has 9 heteroatoms. The van der Waals surface area contributed by atoms with E-state index in [0.29, 0.717) is 24.6 Å². The number of hydrogen-bond donors (Lipinski definition) is 0. The van der Waals surface area contributed by atoms with Gasteiger partial charge in [-0.25, -0.2) is 9.67 Å². The van der Waals surface area contributed by atoms with Gasteiger partial charge in [-0.3, -0.25) is 9.59 Å². The van der Waals surface area contributed by atoms with Crippen LogP contribution in [0.3, 0.4) is 0 Å². The predicted octanol–water partition coefficient (Wildman–Crippen LogP) is 0.725. The van der Waals surface area contributed by atoms with Crippen molar-refractivity contribution in [3.63, 3.8) is 0 Å². The summed E-state index contributed by atoms with van der Waals surface area (Å²) in [4.78, 5) is 32.7. The first-order chi connectivity index (χ1) is 12.6. The summed E-state index contributed by atoms with van der Waals surface area (Å²) < 4.78 is 3.52. The van der Waals surface area contributed by atoms with E-state index >= 15 is 0 Å². The summed E-state index contributed by atoms with van der Waals surface area (Å²) in [5.74, 6) is 0.387. The van der Waals surface area contributed by atoms with E-state index < -0.39 is 0 Å². The maximum Gasteiger partial charge on any atom is 0.289 e. The standard InChI is InChI=1S/C17H23N7O2/c1-21-11-6-18-15(21)17(26)23-9-4-13(5-10-23)24-12-14(19-20-24)16(25)22-7-2-3-8-22/h6,11-13H,2-5,7-10H2,1H3. The zero-order valence-corrected chi connectivity index (χ0v) is 14.9. The topological polar surface area (TPSA) is 89.2 Å². The average Bonchev–Trinajstić information content (AvgIpc) is 3.42. The highest BCUT2D eigenvalue weighted by atomic mass is 16.2. The summed E-state index contributed by atoms with van der Waals surface area (Å²) in [5.41, 5.74) is 0.415. The first kappa shape index (κ1) is 16.7. The Bertz CT molecular complexity index is 798. The molecule has 0 unspecified atom stereocenters. The van der Waals surface area contributed by atoms with Gasteiger partial charge in [-0.05, 0) is 25.7 Å². The Labute approximate surface area is 151 Å². The van der Waals surface area contributed by atoms with Gasteiger partial charge in [-0.1, -0.05) is 5.21 Å². The molecule has 9 nitrogen and oxygen atoms in total. The molecule has 0 saturated carbocycles. The minimum Gasteiger partial charge on any atom is -0.337 e. The Morgan fingerprint density at radius 2 is 1.73 bits per heavy atom. The van der Waals surface area contributed by atoms with Crippen LogP contribution in [-0.4, -0.2) is 72.3 Å². The summed E-state index contributed by atoms with van der Waals surface area (Å²) >= 11 is 0. The lowest BCUT2D eigenvalue weighted by atomic mass is 10.1. The van der Waals surface area contributed by atoms with Gasteiger partial charge in [0, 0.05) is 45.6 Å². The van der Waals surface area contributed by atoms with E-state index in [0.717, 1.165) is 38.8 Å². The second-order valence-corrected chi connectivity index (χ2v) is 6.97. The molecular weight excluding hydrogens is 334 g/mol. The maximum absolute atomic E-state index is 12.5. The molecule has 0 aliphatic carbocycles. The monoisotopic (exact) mass is 357 g/mol. The summed E-state index contributed by atoms with van der Waals surface area (Å²) in [6.45, 7) is 2.90. The minimum absolute atomic E-state index is 0.0313. The zero-order valence-electron chi connectivity index (χ0n) is 14.9. The Balaban J connectivity index is 1.37. The molecule has 0 atom stereocenters. The van der Waals surface area contributed by atoms with E-state index in [9.17, 15) is 9.59 Å². The normalized spacial score (nSPS) is 18.5. The third-order valence-corrected chi connectivity index (χ3v) is 5.26. The summed E-state index contributed by atoms with van der Waals surface area (Å²) in [7, 11) is 1.82. The van der Waals surface area contributed by atoms with Crippen LogP contribution in [0, 0.1) is 0 Å². The van der Waals surface area contributed by atoms with Gasteiger partial charge in [0.2, 0.25) is 0 Å². The third kappa shape index (κ3) is 3.09. The molecule has 4 heterocycles. The smallest absolute Gasteiger partial charge is 0.289 e. The highest BCUT2D eigenvalue weighted by Crippen LogP contribution is 2.23. The summed E-state index contributed by atoms with van der Waals surface area (Å²) in [5, 5.41) is 8.24. The quantitative estimate of drug-likeness (QED) is 0.808. The van der Waals surface area contributed by atoms with Gasteiger partial charge in [-0.15, -0.1) is 5.10 Å². The van der Waals surface area contributed by atoms with Crippen molar-refractivity contribution in [1.29, 1.82) is 0 Å². The molecule has 2 fully saturated rings. The van der Waals surface area contributed by atoms with Crippen molar-refractivity contribution < 1.29 is 9.59 Å². The molecule has 2 aliphatic heterocycles. The van der Waals surface area contributed by atoms with Crippen LogP contribution in [0.4, 0.5) is 0 Å². The van der Waals surface area contributed by atoms with Gasteiger partial charge in [0.05, 0.1) is 12.2 Å².